The van der Waals surface area contributed by atoms with Crippen molar-refractivity contribution in [3.05, 3.63) is 5.01 Å². The molecule has 0 spiro atoms. The molecule has 2 atom stereocenters. The molecule has 1 aromatic rings. The Bertz CT molecular complexity index is 466. The SMILES string of the molecule is CCCNC1(C(=O)O)CCCC(Sc2nnc(C)s2)C1. The average molecular weight is 315 g/mol. The molecule has 1 fully saturated rings. The summed E-state index contributed by atoms with van der Waals surface area (Å²) >= 11 is 3.26. The smallest absolute Gasteiger partial charge is 0.323 e. The van der Waals surface area contributed by atoms with Gasteiger partial charge in [-0.15, -0.1) is 10.2 Å². The maximum Gasteiger partial charge on any atom is 0.323 e. The van der Waals surface area contributed by atoms with Gasteiger partial charge in [0.1, 0.15) is 10.5 Å². The summed E-state index contributed by atoms with van der Waals surface area (Å²) in [6.45, 7) is 4.75. The van der Waals surface area contributed by atoms with Crippen LogP contribution in [0.4, 0.5) is 0 Å². The summed E-state index contributed by atoms with van der Waals surface area (Å²) in [5.74, 6) is -0.718. The van der Waals surface area contributed by atoms with Crippen molar-refractivity contribution in [1.29, 1.82) is 0 Å². The van der Waals surface area contributed by atoms with E-state index in [9.17, 15) is 9.90 Å². The number of hydrogen-bond acceptors (Lipinski definition) is 6. The van der Waals surface area contributed by atoms with Crippen LogP contribution < -0.4 is 5.32 Å². The van der Waals surface area contributed by atoms with Gasteiger partial charge in [-0.3, -0.25) is 4.79 Å². The van der Waals surface area contributed by atoms with Crippen LogP contribution in [0.2, 0.25) is 0 Å². The molecule has 2 rings (SSSR count). The van der Waals surface area contributed by atoms with Crippen LogP contribution in [0.15, 0.2) is 4.34 Å². The van der Waals surface area contributed by atoms with E-state index in [1.54, 1.807) is 23.1 Å². The fourth-order valence-corrected chi connectivity index (χ4v) is 4.99. The van der Waals surface area contributed by atoms with Crippen molar-refractivity contribution < 1.29 is 9.90 Å². The van der Waals surface area contributed by atoms with Crippen molar-refractivity contribution >= 4 is 29.1 Å². The predicted molar refractivity (Wildman–Crippen MR) is 81.4 cm³/mol. The molecule has 20 heavy (non-hydrogen) atoms. The monoisotopic (exact) mass is 315 g/mol. The summed E-state index contributed by atoms with van der Waals surface area (Å²) in [4.78, 5) is 11.7. The number of nitrogens with zero attached hydrogens (tertiary/aromatic N) is 2. The summed E-state index contributed by atoms with van der Waals surface area (Å²) in [6, 6.07) is 0. The van der Waals surface area contributed by atoms with Crippen LogP contribution >= 0.6 is 23.1 Å². The fourth-order valence-electron chi connectivity index (χ4n) is 2.59. The molecule has 1 aliphatic rings. The van der Waals surface area contributed by atoms with Crippen molar-refractivity contribution in [2.45, 2.75) is 61.1 Å². The van der Waals surface area contributed by atoms with Crippen molar-refractivity contribution in [1.82, 2.24) is 15.5 Å². The molecule has 0 aliphatic heterocycles. The molecule has 0 aromatic carbocycles. The largest absolute Gasteiger partial charge is 0.480 e. The zero-order valence-electron chi connectivity index (χ0n) is 11.9. The van der Waals surface area contributed by atoms with Crippen LogP contribution in [-0.2, 0) is 4.79 Å². The van der Waals surface area contributed by atoms with E-state index in [1.165, 1.54) is 0 Å². The Morgan fingerprint density at radius 2 is 2.40 bits per heavy atom. The molecule has 1 aliphatic carbocycles. The Hall–Kier alpha value is -0.660. The van der Waals surface area contributed by atoms with E-state index < -0.39 is 11.5 Å². The third kappa shape index (κ3) is 3.71. The molecule has 7 heteroatoms. The number of rotatable bonds is 6. The summed E-state index contributed by atoms with van der Waals surface area (Å²) in [6.07, 6.45) is 4.31. The minimum Gasteiger partial charge on any atom is -0.480 e. The van der Waals surface area contributed by atoms with E-state index in [1.807, 2.05) is 6.92 Å². The summed E-state index contributed by atoms with van der Waals surface area (Å²) < 4.78 is 0.948. The van der Waals surface area contributed by atoms with Gasteiger partial charge in [0.05, 0.1) is 0 Å². The topological polar surface area (TPSA) is 75.1 Å². The number of thioether (sulfide) groups is 1. The van der Waals surface area contributed by atoms with Gasteiger partial charge in [0.2, 0.25) is 0 Å². The van der Waals surface area contributed by atoms with Crippen LogP contribution in [0.5, 0.6) is 0 Å². The standard InChI is InChI=1S/C13H21N3O2S2/c1-3-7-14-13(11(17)18)6-4-5-10(8-13)20-12-16-15-9(2)19-12/h10,14H,3-8H2,1-2H3,(H,17,18). The van der Waals surface area contributed by atoms with Gasteiger partial charge in [0.25, 0.3) is 0 Å². The van der Waals surface area contributed by atoms with Gasteiger partial charge in [0.15, 0.2) is 4.34 Å². The maximum absolute atomic E-state index is 11.7. The minimum atomic E-state index is -0.758. The molecule has 1 aromatic heterocycles. The first kappa shape index (κ1) is 15.7. The van der Waals surface area contributed by atoms with Gasteiger partial charge >= 0.3 is 5.97 Å². The number of carbonyl (C=O) groups is 1. The molecule has 112 valence electrons. The molecule has 0 amide bonds. The quantitative estimate of drug-likeness (QED) is 0.840. The van der Waals surface area contributed by atoms with Crippen LogP contribution in [0.1, 0.15) is 44.0 Å². The third-order valence-corrected chi connectivity index (χ3v) is 5.79. The first-order chi connectivity index (χ1) is 9.55. The molecule has 5 nitrogen and oxygen atoms in total. The van der Waals surface area contributed by atoms with Gasteiger partial charge in [-0.1, -0.05) is 30.0 Å². The Kier molecular flexibility index (Phi) is 5.40. The van der Waals surface area contributed by atoms with E-state index >= 15 is 0 Å². The zero-order valence-corrected chi connectivity index (χ0v) is 13.5. The van der Waals surface area contributed by atoms with Gasteiger partial charge in [-0.25, -0.2) is 0 Å². The molecule has 0 saturated heterocycles. The highest BCUT2D eigenvalue weighted by molar-refractivity contribution is 8.01. The van der Waals surface area contributed by atoms with Gasteiger partial charge in [-0.2, -0.15) is 0 Å². The van der Waals surface area contributed by atoms with Crippen molar-refractivity contribution in [2.24, 2.45) is 0 Å². The lowest BCUT2D eigenvalue weighted by Gasteiger charge is -2.37. The van der Waals surface area contributed by atoms with E-state index in [0.29, 0.717) is 18.1 Å². The number of aryl methyl sites for hydroxylation is 1. The summed E-state index contributed by atoms with van der Waals surface area (Å²) in [7, 11) is 0. The second-order valence-electron chi connectivity index (χ2n) is 5.24. The van der Waals surface area contributed by atoms with E-state index in [2.05, 4.69) is 22.4 Å². The highest BCUT2D eigenvalue weighted by Crippen LogP contribution is 2.39. The minimum absolute atomic E-state index is 0.302. The number of nitrogens with one attached hydrogen (secondary N) is 1. The second kappa shape index (κ2) is 6.87. The third-order valence-electron chi connectivity index (χ3n) is 3.60. The van der Waals surface area contributed by atoms with Crippen LogP contribution in [0.25, 0.3) is 0 Å². The van der Waals surface area contributed by atoms with Gasteiger partial charge < -0.3 is 10.4 Å². The maximum atomic E-state index is 11.7. The summed E-state index contributed by atoms with van der Waals surface area (Å²) in [5.41, 5.74) is -0.758. The van der Waals surface area contributed by atoms with E-state index in [0.717, 1.165) is 35.2 Å². The first-order valence-electron chi connectivity index (χ1n) is 7.01. The number of carboxylic acids is 1. The highest BCUT2D eigenvalue weighted by atomic mass is 32.2. The van der Waals surface area contributed by atoms with Crippen molar-refractivity contribution in [3.8, 4) is 0 Å². The Morgan fingerprint density at radius 1 is 1.60 bits per heavy atom. The van der Waals surface area contributed by atoms with Crippen molar-refractivity contribution in [2.75, 3.05) is 6.54 Å². The van der Waals surface area contributed by atoms with Crippen LogP contribution in [0, 0.1) is 6.92 Å². The first-order valence-corrected chi connectivity index (χ1v) is 8.70. The number of carboxylic acid groups (broad SMARTS) is 1. The number of aromatic nitrogens is 2. The van der Waals surface area contributed by atoms with E-state index in [-0.39, 0.29) is 0 Å². The van der Waals surface area contributed by atoms with Crippen molar-refractivity contribution in [3.63, 3.8) is 0 Å². The molecule has 2 N–H and O–H groups in total. The molecule has 1 heterocycles. The lowest BCUT2D eigenvalue weighted by Crippen LogP contribution is -2.55. The molecular formula is C13H21N3O2S2. The Morgan fingerprint density at radius 3 is 3.00 bits per heavy atom. The number of aliphatic carboxylic acids is 1. The molecule has 2 unspecified atom stereocenters. The van der Waals surface area contributed by atoms with Crippen LogP contribution in [-0.4, -0.2) is 38.6 Å². The van der Waals surface area contributed by atoms with Crippen LogP contribution in [0.3, 0.4) is 0 Å². The second-order valence-corrected chi connectivity index (χ2v) is 7.97. The predicted octanol–water partition coefficient (Wildman–Crippen LogP) is 2.70. The summed E-state index contributed by atoms with van der Waals surface area (Å²) in [5, 5.41) is 22.3. The zero-order chi connectivity index (χ0) is 14.6. The highest BCUT2D eigenvalue weighted by Gasteiger charge is 2.42. The molecular weight excluding hydrogens is 294 g/mol. The normalized spacial score (nSPS) is 26.6. The molecule has 0 radical (unpaired) electrons. The lowest BCUT2D eigenvalue weighted by molar-refractivity contribution is -0.146. The van der Waals surface area contributed by atoms with Gasteiger partial charge in [0, 0.05) is 5.25 Å². The lowest BCUT2D eigenvalue weighted by atomic mass is 9.81. The number of hydrogen-bond donors (Lipinski definition) is 2. The molecule has 1 saturated carbocycles. The Balaban J connectivity index is 2.03. The fraction of sp³-hybridized carbons (Fsp3) is 0.769. The van der Waals surface area contributed by atoms with E-state index in [4.69, 9.17) is 0 Å². The Labute approximate surface area is 127 Å². The van der Waals surface area contributed by atoms with Gasteiger partial charge in [-0.05, 0) is 45.6 Å². The molecule has 0 bridgehead atoms. The average Bonchev–Trinajstić information content (AvgIpc) is 2.82.